The standard InChI is InChI=1S/C19H15ClF2N4OS/c1-2-9-26-18(13-5-3-4-6-15(13)21)24-25-19(26)28-11-17(27)23-12-7-8-16(22)14(20)10-12/h2-8,10H,1,9,11H2,(H,23,27). The Labute approximate surface area is 169 Å². The van der Waals surface area contributed by atoms with Crippen molar-refractivity contribution >= 4 is 35.0 Å². The summed E-state index contributed by atoms with van der Waals surface area (Å²) in [6.07, 6.45) is 1.64. The zero-order chi connectivity index (χ0) is 20.1. The minimum absolute atomic E-state index is 0.0293. The second-order valence-electron chi connectivity index (χ2n) is 5.65. The highest BCUT2D eigenvalue weighted by atomic mass is 35.5. The monoisotopic (exact) mass is 420 g/mol. The van der Waals surface area contributed by atoms with Crippen molar-refractivity contribution in [2.24, 2.45) is 0 Å². The Kier molecular flexibility index (Phi) is 6.43. The fraction of sp³-hybridized carbons (Fsp3) is 0.105. The van der Waals surface area contributed by atoms with E-state index in [1.807, 2.05) is 0 Å². The molecule has 1 N–H and O–H groups in total. The van der Waals surface area contributed by atoms with E-state index in [0.29, 0.717) is 28.8 Å². The Morgan fingerprint density at radius 1 is 1.21 bits per heavy atom. The first kappa shape index (κ1) is 20.0. The summed E-state index contributed by atoms with van der Waals surface area (Å²) in [6, 6.07) is 10.2. The number of carbonyl (C=O) groups is 1. The molecule has 0 aliphatic rings. The van der Waals surface area contributed by atoms with E-state index >= 15 is 0 Å². The van der Waals surface area contributed by atoms with E-state index in [1.54, 1.807) is 28.8 Å². The maximum atomic E-state index is 14.1. The lowest BCUT2D eigenvalue weighted by Gasteiger charge is -2.09. The van der Waals surface area contributed by atoms with Crippen LogP contribution < -0.4 is 5.32 Å². The number of hydrogen-bond acceptors (Lipinski definition) is 4. The van der Waals surface area contributed by atoms with Gasteiger partial charge < -0.3 is 5.32 Å². The first-order chi connectivity index (χ1) is 13.5. The summed E-state index contributed by atoms with van der Waals surface area (Å²) in [6.45, 7) is 4.05. The molecule has 28 heavy (non-hydrogen) atoms. The minimum atomic E-state index is -0.563. The number of anilines is 1. The third-order valence-corrected chi connectivity index (χ3v) is 4.94. The van der Waals surface area contributed by atoms with Crippen LogP contribution in [0, 0.1) is 11.6 Å². The zero-order valence-electron chi connectivity index (χ0n) is 14.5. The third kappa shape index (κ3) is 4.58. The average Bonchev–Trinajstić information content (AvgIpc) is 3.06. The number of thioether (sulfide) groups is 1. The molecule has 2 aromatic carbocycles. The number of hydrogen-bond donors (Lipinski definition) is 1. The maximum absolute atomic E-state index is 14.1. The van der Waals surface area contributed by atoms with E-state index in [4.69, 9.17) is 11.6 Å². The van der Waals surface area contributed by atoms with Crippen LogP contribution in [0.15, 0.2) is 60.3 Å². The molecule has 9 heteroatoms. The van der Waals surface area contributed by atoms with Crippen molar-refractivity contribution in [1.29, 1.82) is 0 Å². The molecule has 3 rings (SSSR count). The van der Waals surface area contributed by atoms with Gasteiger partial charge in [-0.25, -0.2) is 8.78 Å². The number of nitrogens with zero attached hydrogens (tertiary/aromatic N) is 3. The van der Waals surface area contributed by atoms with E-state index in [2.05, 4.69) is 22.1 Å². The van der Waals surface area contributed by atoms with E-state index < -0.39 is 11.6 Å². The number of carbonyl (C=O) groups excluding carboxylic acids is 1. The molecule has 0 bridgehead atoms. The van der Waals surface area contributed by atoms with Crippen molar-refractivity contribution < 1.29 is 13.6 Å². The van der Waals surface area contributed by atoms with Crippen molar-refractivity contribution in [2.75, 3.05) is 11.1 Å². The zero-order valence-corrected chi connectivity index (χ0v) is 16.1. The van der Waals surface area contributed by atoms with Gasteiger partial charge in [0, 0.05) is 12.2 Å². The molecular weight excluding hydrogens is 406 g/mol. The van der Waals surface area contributed by atoms with E-state index in [9.17, 15) is 13.6 Å². The summed E-state index contributed by atoms with van der Waals surface area (Å²) in [5.41, 5.74) is 0.700. The molecule has 0 aliphatic carbocycles. The summed E-state index contributed by atoms with van der Waals surface area (Å²) in [5, 5.41) is 11.1. The van der Waals surface area contributed by atoms with E-state index in [-0.39, 0.29) is 16.7 Å². The van der Waals surface area contributed by atoms with Crippen LogP contribution in [-0.4, -0.2) is 26.4 Å². The Bertz CT molecular complexity index is 1020. The van der Waals surface area contributed by atoms with Crippen molar-refractivity contribution in [3.05, 3.63) is 71.8 Å². The van der Waals surface area contributed by atoms with Crippen LogP contribution >= 0.6 is 23.4 Å². The average molecular weight is 421 g/mol. The largest absolute Gasteiger partial charge is 0.325 e. The second kappa shape index (κ2) is 8.99. The number of allylic oxidation sites excluding steroid dienone is 1. The lowest BCUT2D eigenvalue weighted by atomic mass is 10.2. The topological polar surface area (TPSA) is 59.8 Å². The Hall–Kier alpha value is -2.71. The number of benzene rings is 2. The van der Waals surface area contributed by atoms with Gasteiger partial charge in [-0.05, 0) is 30.3 Å². The van der Waals surface area contributed by atoms with Gasteiger partial charge in [-0.2, -0.15) is 0 Å². The van der Waals surface area contributed by atoms with Gasteiger partial charge in [0.25, 0.3) is 0 Å². The van der Waals surface area contributed by atoms with Crippen LogP contribution in [-0.2, 0) is 11.3 Å². The molecule has 0 spiro atoms. The predicted octanol–water partition coefficient (Wildman–Crippen LogP) is 4.79. The molecule has 1 amide bonds. The SMILES string of the molecule is C=CCn1c(SCC(=O)Nc2ccc(F)c(Cl)c2)nnc1-c1ccccc1F. The van der Waals surface area contributed by atoms with Crippen molar-refractivity contribution in [3.63, 3.8) is 0 Å². The molecule has 0 fully saturated rings. The van der Waals surface area contributed by atoms with Crippen molar-refractivity contribution in [2.45, 2.75) is 11.7 Å². The van der Waals surface area contributed by atoms with Gasteiger partial charge in [0.1, 0.15) is 11.6 Å². The summed E-state index contributed by atoms with van der Waals surface area (Å²) < 4.78 is 29.0. The Balaban J connectivity index is 1.73. The summed E-state index contributed by atoms with van der Waals surface area (Å²) in [4.78, 5) is 12.2. The van der Waals surface area contributed by atoms with Crippen molar-refractivity contribution in [3.8, 4) is 11.4 Å². The van der Waals surface area contributed by atoms with Crippen LogP contribution in [0.4, 0.5) is 14.5 Å². The Morgan fingerprint density at radius 2 is 2.00 bits per heavy atom. The first-order valence-corrected chi connectivity index (χ1v) is 9.52. The van der Waals surface area contributed by atoms with Crippen LogP contribution in [0.2, 0.25) is 5.02 Å². The van der Waals surface area contributed by atoms with Gasteiger partial charge in [0.15, 0.2) is 11.0 Å². The summed E-state index contributed by atoms with van der Waals surface area (Å²) in [5.74, 6) is -0.920. The molecule has 3 aromatic rings. The van der Waals surface area contributed by atoms with Gasteiger partial charge in [-0.15, -0.1) is 16.8 Å². The molecule has 0 unspecified atom stereocenters. The lowest BCUT2D eigenvalue weighted by Crippen LogP contribution is -2.14. The first-order valence-electron chi connectivity index (χ1n) is 8.16. The number of aromatic nitrogens is 3. The molecule has 0 radical (unpaired) electrons. The Morgan fingerprint density at radius 3 is 2.71 bits per heavy atom. The minimum Gasteiger partial charge on any atom is -0.325 e. The molecule has 0 atom stereocenters. The third-order valence-electron chi connectivity index (χ3n) is 3.68. The van der Waals surface area contributed by atoms with Crippen LogP contribution in [0.5, 0.6) is 0 Å². The van der Waals surface area contributed by atoms with E-state index in [0.717, 1.165) is 11.8 Å². The molecule has 1 aromatic heterocycles. The van der Waals surface area contributed by atoms with Gasteiger partial charge in [-0.1, -0.05) is 41.6 Å². The predicted molar refractivity (Wildman–Crippen MR) is 106 cm³/mol. The smallest absolute Gasteiger partial charge is 0.234 e. The highest BCUT2D eigenvalue weighted by Crippen LogP contribution is 2.26. The highest BCUT2D eigenvalue weighted by molar-refractivity contribution is 7.99. The normalized spacial score (nSPS) is 10.7. The number of rotatable bonds is 7. The van der Waals surface area contributed by atoms with Gasteiger partial charge in [-0.3, -0.25) is 9.36 Å². The number of nitrogens with one attached hydrogen (secondary N) is 1. The molecule has 0 aliphatic heterocycles. The van der Waals surface area contributed by atoms with Gasteiger partial charge in [0.05, 0.1) is 16.3 Å². The van der Waals surface area contributed by atoms with Crippen LogP contribution in [0.1, 0.15) is 0 Å². The fourth-order valence-corrected chi connectivity index (χ4v) is 3.36. The maximum Gasteiger partial charge on any atom is 0.234 e. The molecule has 0 saturated carbocycles. The highest BCUT2D eigenvalue weighted by Gasteiger charge is 2.17. The molecule has 144 valence electrons. The number of amides is 1. The molecule has 5 nitrogen and oxygen atoms in total. The van der Waals surface area contributed by atoms with Crippen LogP contribution in [0.25, 0.3) is 11.4 Å². The lowest BCUT2D eigenvalue weighted by molar-refractivity contribution is -0.113. The quantitative estimate of drug-likeness (QED) is 0.441. The molecule has 1 heterocycles. The molecular formula is C19H15ClF2N4OS. The summed E-state index contributed by atoms with van der Waals surface area (Å²) >= 11 is 6.85. The fourth-order valence-electron chi connectivity index (χ4n) is 2.43. The second-order valence-corrected chi connectivity index (χ2v) is 7.00. The van der Waals surface area contributed by atoms with Crippen molar-refractivity contribution in [1.82, 2.24) is 14.8 Å². The summed E-state index contributed by atoms with van der Waals surface area (Å²) in [7, 11) is 0. The van der Waals surface area contributed by atoms with Gasteiger partial charge in [0.2, 0.25) is 5.91 Å². The molecule has 0 saturated heterocycles. The van der Waals surface area contributed by atoms with Gasteiger partial charge >= 0.3 is 0 Å². The van der Waals surface area contributed by atoms with E-state index in [1.165, 1.54) is 24.3 Å². The number of halogens is 3. The van der Waals surface area contributed by atoms with Crippen LogP contribution in [0.3, 0.4) is 0 Å².